The maximum atomic E-state index is 15.6. The minimum atomic E-state index is -4.31. The number of carbonyl (C=O) groups excluding carboxylic acids is 2. The molecule has 0 aliphatic carbocycles. The molecule has 2 unspecified atom stereocenters. The summed E-state index contributed by atoms with van der Waals surface area (Å²) in [7, 11) is -4.31. The number of aliphatic hydroxyl groups excluding tert-OH is 1. The molecule has 41 heavy (non-hydrogen) atoms. The molecule has 0 radical (unpaired) electrons. The zero-order valence-corrected chi connectivity index (χ0v) is 25.9. The van der Waals surface area contributed by atoms with Gasteiger partial charge in [-0.2, -0.15) is 0 Å². The van der Waals surface area contributed by atoms with E-state index in [0.717, 1.165) is 22.7 Å². The number of nitrogens with two attached hydrogens (primary N) is 1. The molecule has 14 nitrogen and oxygen atoms in total. The summed E-state index contributed by atoms with van der Waals surface area (Å²) >= 11 is 7.05. The topological polar surface area (TPSA) is 190 Å². The second kappa shape index (κ2) is 13.2. The van der Waals surface area contributed by atoms with Crippen LogP contribution in [-0.2, 0) is 32.7 Å². The average molecular weight is 641 g/mol. The number of halogens is 2. The van der Waals surface area contributed by atoms with E-state index >= 15 is 4.39 Å². The molecule has 1 aliphatic rings. The van der Waals surface area contributed by atoms with Crippen LogP contribution in [0.5, 0.6) is 0 Å². The van der Waals surface area contributed by atoms with Gasteiger partial charge in [-0.3, -0.25) is 23.2 Å². The number of hydrogen-bond acceptors (Lipinski definition) is 13. The number of anilines is 1. The fraction of sp³-hybridized carbons (Fsp3) is 0.696. The molecule has 3 heterocycles. The Hall–Kier alpha value is -1.91. The van der Waals surface area contributed by atoms with Gasteiger partial charge < -0.3 is 20.3 Å². The van der Waals surface area contributed by atoms with Gasteiger partial charge in [-0.1, -0.05) is 44.1 Å². The van der Waals surface area contributed by atoms with Crippen LogP contribution in [0.1, 0.15) is 47.8 Å². The number of nitrogens with zero attached hydrogens (tertiary/aromatic N) is 4. The van der Waals surface area contributed by atoms with Crippen molar-refractivity contribution in [1.29, 1.82) is 0 Å². The molecule has 0 bridgehead atoms. The number of hydrogen-bond donors (Lipinski definition) is 3. The Bertz CT molecular complexity index is 1290. The molecule has 3 rings (SSSR count). The molecular weight excluding hydrogens is 606 g/mol. The van der Waals surface area contributed by atoms with Crippen LogP contribution < -0.4 is 10.8 Å². The minimum absolute atomic E-state index is 0.0443. The molecule has 1 fully saturated rings. The first-order valence-electron chi connectivity index (χ1n) is 12.6. The van der Waals surface area contributed by atoms with E-state index in [1.807, 2.05) is 0 Å². The predicted octanol–water partition coefficient (Wildman–Crippen LogP) is 2.95. The smallest absolute Gasteiger partial charge is 0.406 e. The predicted molar refractivity (Wildman–Crippen MR) is 150 cm³/mol. The van der Waals surface area contributed by atoms with Gasteiger partial charge in [-0.05, 0) is 20.8 Å². The summed E-state index contributed by atoms with van der Waals surface area (Å²) < 4.78 is 52.1. The van der Waals surface area contributed by atoms with Gasteiger partial charge in [0.1, 0.15) is 30.1 Å². The third-order valence-electron chi connectivity index (χ3n) is 5.68. The summed E-state index contributed by atoms with van der Waals surface area (Å²) in [4.78, 5) is 36.4. The highest BCUT2D eigenvalue weighted by Crippen LogP contribution is 2.49. The fourth-order valence-electron chi connectivity index (χ4n) is 3.56. The molecule has 6 atom stereocenters. The van der Waals surface area contributed by atoms with Crippen LogP contribution in [-0.4, -0.2) is 84.2 Å². The molecule has 1 aliphatic heterocycles. The number of ether oxygens (including phenoxy) is 2. The first kappa shape index (κ1) is 33.6. The van der Waals surface area contributed by atoms with E-state index < -0.39 is 61.4 Å². The largest absolute Gasteiger partial charge is 0.462 e. The Morgan fingerprint density at radius 3 is 2.63 bits per heavy atom. The number of rotatable bonds is 12. The second-order valence-corrected chi connectivity index (χ2v) is 14.0. The van der Waals surface area contributed by atoms with Gasteiger partial charge in [0.15, 0.2) is 22.8 Å². The summed E-state index contributed by atoms with van der Waals surface area (Å²) in [6, 6.07) is -1.13. The summed E-state index contributed by atoms with van der Waals surface area (Å²) in [5.74, 6) is -0.546. The molecule has 0 spiro atoms. The lowest BCUT2D eigenvalue weighted by Crippen LogP contribution is -2.39. The average Bonchev–Trinajstić information content (AvgIpc) is 3.38. The minimum Gasteiger partial charge on any atom is -0.462 e. The van der Waals surface area contributed by atoms with Crippen molar-refractivity contribution in [3.63, 3.8) is 0 Å². The molecule has 0 saturated carbocycles. The van der Waals surface area contributed by atoms with Gasteiger partial charge in [0.05, 0.1) is 25.6 Å². The van der Waals surface area contributed by atoms with E-state index in [9.17, 15) is 19.3 Å². The van der Waals surface area contributed by atoms with E-state index in [1.165, 1.54) is 13.3 Å². The molecule has 0 amide bonds. The molecule has 4 N–H and O–H groups in total. The van der Waals surface area contributed by atoms with E-state index in [2.05, 4.69) is 20.0 Å². The maximum absolute atomic E-state index is 15.6. The highest BCUT2D eigenvalue weighted by atomic mass is 35.5. The molecule has 2 aromatic rings. The Balaban J connectivity index is 1.74. The number of fused-ring (bicyclic) bond motifs is 1. The number of esters is 1. The van der Waals surface area contributed by atoms with E-state index in [-0.39, 0.29) is 34.5 Å². The van der Waals surface area contributed by atoms with Crippen molar-refractivity contribution in [2.24, 2.45) is 5.41 Å². The second-order valence-electron chi connectivity index (χ2n) is 10.6. The van der Waals surface area contributed by atoms with Crippen LogP contribution in [0.2, 0.25) is 0 Å². The maximum Gasteiger partial charge on any atom is 0.406 e. The quantitative estimate of drug-likeness (QED) is 0.133. The van der Waals surface area contributed by atoms with E-state index in [4.69, 9.17) is 35.9 Å². The lowest BCUT2D eigenvalue weighted by molar-refractivity contribution is -0.149. The van der Waals surface area contributed by atoms with E-state index in [0.29, 0.717) is 0 Å². The van der Waals surface area contributed by atoms with Crippen LogP contribution in [0.15, 0.2) is 12.7 Å². The monoisotopic (exact) mass is 640 g/mol. The number of aromatic nitrogens is 4. The molecule has 0 aromatic carbocycles. The summed E-state index contributed by atoms with van der Waals surface area (Å²) in [6.45, 7) is 9.10. The summed E-state index contributed by atoms with van der Waals surface area (Å²) in [5, 5.41) is 10.2. The Morgan fingerprint density at radius 1 is 1.32 bits per heavy atom. The van der Waals surface area contributed by atoms with Crippen molar-refractivity contribution in [3.05, 3.63) is 12.7 Å². The number of alkyl halides is 2. The van der Waals surface area contributed by atoms with Crippen LogP contribution in [0, 0.1) is 5.41 Å². The van der Waals surface area contributed by atoms with Crippen molar-refractivity contribution in [2.45, 2.75) is 77.3 Å². The van der Waals surface area contributed by atoms with Crippen molar-refractivity contribution >= 4 is 59.2 Å². The van der Waals surface area contributed by atoms with Crippen LogP contribution in [0.4, 0.5) is 10.2 Å². The zero-order valence-electron chi connectivity index (χ0n) is 23.4. The molecule has 18 heteroatoms. The number of nitrogens with one attached hydrogen (secondary N) is 1. The zero-order chi connectivity index (χ0) is 30.8. The van der Waals surface area contributed by atoms with Gasteiger partial charge in [-0.25, -0.2) is 29.0 Å². The lowest BCUT2D eigenvalue weighted by Gasteiger charge is -2.25. The van der Waals surface area contributed by atoms with Gasteiger partial charge >= 0.3 is 13.7 Å². The Morgan fingerprint density at radius 2 is 2.00 bits per heavy atom. The molecule has 1 saturated heterocycles. The summed E-state index contributed by atoms with van der Waals surface area (Å²) in [5.41, 5.74) is 5.48. The van der Waals surface area contributed by atoms with Crippen molar-refractivity contribution in [1.82, 2.24) is 24.6 Å². The Labute approximate surface area is 245 Å². The number of carbonyl (C=O) groups is 2. The fourth-order valence-corrected chi connectivity index (χ4v) is 6.25. The molecule has 230 valence electrons. The SMILES string of the molecule is CC(C)OC(=O)C(C)NP(=O)(OCCSC(=O)C(C)(C)C)OC[C@H]1O[C@@H](n2cnc3c(N)ncnc32)[C@@](F)(Cl)[C@@H]1O. The molecular formula is C23H35ClFN6O8PS. The number of aliphatic hydroxyl groups is 1. The highest BCUT2D eigenvalue weighted by molar-refractivity contribution is 8.13. The highest BCUT2D eigenvalue weighted by Gasteiger charge is 2.58. The number of nitrogen functional groups attached to an aromatic ring is 1. The normalized spacial score (nSPS) is 25.4. The standard InChI is InChI=1S/C23H35ClFN6O8PS/c1-12(2)38-19(33)13(3)30-40(35,36-7-8-41-21(34)22(4,5)6)37-9-14-16(32)23(24,25)20(39-14)31-11-29-15-17(26)27-10-28-18(15)31/h10-14,16,20,32H,7-9H2,1-6H3,(H,30,35)(H2,26,27,28)/t13?,14-,16-,20-,23-,40?/m1/s1. The lowest BCUT2D eigenvalue weighted by atomic mass is 10.00. The van der Waals surface area contributed by atoms with Crippen LogP contribution >= 0.6 is 31.1 Å². The Kier molecular flexibility index (Phi) is 10.8. The van der Waals surface area contributed by atoms with Crippen LogP contribution in [0.25, 0.3) is 11.2 Å². The third kappa shape index (κ3) is 8.14. The van der Waals surface area contributed by atoms with Gasteiger partial charge in [0.25, 0.3) is 5.13 Å². The number of thioether (sulfide) groups is 1. The van der Waals surface area contributed by atoms with E-state index in [1.54, 1.807) is 34.6 Å². The molecule has 2 aromatic heterocycles. The first-order chi connectivity index (χ1) is 19.0. The van der Waals surface area contributed by atoms with Crippen molar-refractivity contribution in [2.75, 3.05) is 24.7 Å². The first-order valence-corrected chi connectivity index (χ1v) is 15.6. The van der Waals surface area contributed by atoms with Crippen molar-refractivity contribution in [3.8, 4) is 0 Å². The third-order valence-corrected chi connectivity index (χ3v) is 9.05. The van der Waals surface area contributed by atoms with Crippen molar-refractivity contribution < 1.29 is 42.2 Å². The van der Waals surface area contributed by atoms with Gasteiger partial charge in [0, 0.05) is 11.2 Å². The van der Waals surface area contributed by atoms with Crippen LogP contribution in [0.3, 0.4) is 0 Å². The summed E-state index contributed by atoms with van der Waals surface area (Å²) in [6.07, 6.45) is -3.13. The number of imidazole rings is 1. The van der Waals surface area contributed by atoms with Gasteiger partial charge in [0.2, 0.25) is 0 Å². The van der Waals surface area contributed by atoms with Gasteiger partial charge in [-0.15, -0.1) is 0 Å².